The molecular formula is C10H18N2O. The molecule has 2 unspecified atom stereocenters. The molecule has 2 rings (SSSR count). The number of hydrogen-bond acceptors (Lipinski definition) is 2. The van der Waals surface area contributed by atoms with E-state index in [-0.39, 0.29) is 5.91 Å². The summed E-state index contributed by atoms with van der Waals surface area (Å²) < 4.78 is 0. The van der Waals surface area contributed by atoms with E-state index in [1.807, 2.05) is 11.9 Å². The fraction of sp³-hybridized carbons (Fsp3) is 0.900. The van der Waals surface area contributed by atoms with Crippen molar-refractivity contribution in [3.05, 3.63) is 0 Å². The van der Waals surface area contributed by atoms with Crippen LogP contribution < -0.4 is 0 Å². The van der Waals surface area contributed by atoms with Gasteiger partial charge in [0.1, 0.15) is 0 Å². The molecule has 0 saturated carbocycles. The molecule has 0 aliphatic carbocycles. The molecule has 2 aliphatic heterocycles. The molecule has 0 N–H and O–H groups in total. The van der Waals surface area contributed by atoms with E-state index in [1.165, 1.54) is 19.3 Å². The highest BCUT2D eigenvalue weighted by molar-refractivity contribution is 5.79. The molecule has 0 spiro atoms. The molecule has 13 heavy (non-hydrogen) atoms. The summed E-state index contributed by atoms with van der Waals surface area (Å²) in [6.45, 7) is 3.81. The van der Waals surface area contributed by atoms with Crippen molar-refractivity contribution >= 4 is 5.91 Å². The summed E-state index contributed by atoms with van der Waals surface area (Å²) in [7, 11) is 1.92. The van der Waals surface area contributed by atoms with E-state index in [9.17, 15) is 4.79 Å². The van der Waals surface area contributed by atoms with E-state index in [2.05, 4.69) is 11.8 Å². The van der Waals surface area contributed by atoms with Gasteiger partial charge in [0.15, 0.2) is 0 Å². The molecule has 0 aromatic heterocycles. The Morgan fingerprint density at radius 3 is 2.92 bits per heavy atom. The van der Waals surface area contributed by atoms with Crippen LogP contribution in [0.5, 0.6) is 0 Å². The number of likely N-dealkylation sites (N-methyl/N-ethyl adjacent to an activating group) is 1. The fourth-order valence-corrected chi connectivity index (χ4v) is 2.60. The second-order valence-electron chi connectivity index (χ2n) is 4.24. The Kier molecular flexibility index (Phi) is 2.28. The Morgan fingerprint density at radius 2 is 2.23 bits per heavy atom. The van der Waals surface area contributed by atoms with Crippen molar-refractivity contribution in [3.8, 4) is 0 Å². The monoisotopic (exact) mass is 182 g/mol. The van der Waals surface area contributed by atoms with Gasteiger partial charge in [-0.05, 0) is 19.3 Å². The molecule has 2 fully saturated rings. The second-order valence-corrected chi connectivity index (χ2v) is 4.24. The highest BCUT2D eigenvalue weighted by Gasteiger charge is 2.38. The van der Waals surface area contributed by atoms with Crippen LogP contribution in [0.25, 0.3) is 0 Å². The van der Waals surface area contributed by atoms with E-state index in [4.69, 9.17) is 0 Å². The van der Waals surface area contributed by atoms with Crippen LogP contribution >= 0.6 is 0 Å². The lowest BCUT2D eigenvalue weighted by Gasteiger charge is -2.37. The third-order valence-corrected chi connectivity index (χ3v) is 3.47. The van der Waals surface area contributed by atoms with Crippen molar-refractivity contribution in [1.82, 2.24) is 9.80 Å². The minimum Gasteiger partial charge on any atom is -0.343 e. The number of hydrogen-bond donors (Lipinski definition) is 0. The van der Waals surface area contributed by atoms with Crippen molar-refractivity contribution in [2.75, 3.05) is 20.1 Å². The zero-order valence-electron chi connectivity index (χ0n) is 8.49. The third-order valence-electron chi connectivity index (χ3n) is 3.47. The molecule has 2 atom stereocenters. The Labute approximate surface area is 79.7 Å². The molecule has 3 nitrogen and oxygen atoms in total. The van der Waals surface area contributed by atoms with Gasteiger partial charge in [0, 0.05) is 25.7 Å². The minimum absolute atomic E-state index is 0.289. The van der Waals surface area contributed by atoms with Crippen molar-refractivity contribution in [2.45, 2.75) is 38.3 Å². The van der Waals surface area contributed by atoms with Crippen LogP contribution in [0.15, 0.2) is 0 Å². The summed E-state index contributed by atoms with van der Waals surface area (Å²) in [4.78, 5) is 15.8. The van der Waals surface area contributed by atoms with Crippen LogP contribution in [0.1, 0.15) is 26.2 Å². The normalized spacial score (nSPS) is 35.2. The predicted molar refractivity (Wildman–Crippen MR) is 51.4 cm³/mol. The van der Waals surface area contributed by atoms with Crippen LogP contribution in [0.3, 0.4) is 0 Å². The lowest BCUT2D eigenvalue weighted by molar-refractivity contribution is -0.136. The fourth-order valence-electron chi connectivity index (χ4n) is 2.60. The first-order valence-electron chi connectivity index (χ1n) is 5.22. The zero-order chi connectivity index (χ0) is 9.42. The molecular weight excluding hydrogens is 164 g/mol. The first-order valence-corrected chi connectivity index (χ1v) is 5.22. The van der Waals surface area contributed by atoms with E-state index in [1.54, 1.807) is 0 Å². The highest BCUT2D eigenvalue weighted by atomic mass is 16.2. The van der Waals surface area contributed by atoms with E-state index < -0.39 is 0 Å². The molecule has 0 radical (unpaired) electrons. The number of carbonyl (C=O) groups is 1. The number of rotatable bonds is 1. The minimum atomic E-state index is 0.289. The Hall–Kier alpha value is -0.570. The van der Waals surface area contributed by atoms with Gasteiger partial charge >= 0.3 is 0 Å². The predicted octanol–water partition coefficient (Wildman–Crippen LogP) is 0.701. The Bertz CT molecular complexity index is 217. The second kappa shape index (κ2) is 3.29. The van der Waals surface area contributed by atoms with Crippen molar-refractivity contribution in [1.29, 1.82) is 0 Å². The maximum atomic E-state index is 11.5. The molecule has 0 aromatic rings. The molecule has 2 heterocycles. The average Bonchev–Trinajstić information content (AvgIpc) is 2.48. The average molecular weight is 182 g/mol. The standard InChI is InChI=1S/C10H18N2O/c1-3-8-4-5-9-6-11(2)10(13)7-12(8)9/h8-9H,3-7H2,1-2H3. The molecule has 3 heteroatoms. The van der Waals surface area contributed by atoms with Gasteiger partial charge in [-0.25, -0.2) is 0 Å². The lowest BCUT2D eigenvalue weighted by atomic mass is 10.1. The molecule has 74 valence electrons. The number of fused-ring (bicyclic) bond motifs is 1. The van der Waals surface area contributed by atoms with Gasteiger partial charge in [0.05, 0.1) is 6.54 Å². The smallest absolute Gasteiger partial charge is 0.236 e. The van der Waals surface area contributed by atoms with Crippen LogP contribution in [-0.4, -0.2) is 47.9 Å². The van der Waals surface area contributed by atoms with E-state index in [0.29, 0.717) is 18.6 Å². The molecule has 2 saturated heterocycles. The molecule has 2 aliphatic rings. The van der Waals surface area contributed by atoms with Crippen molar-refractivity contribution in [3.63, 3.8) is 0 Å². The Balaban J connectivity index is 2.07. The number of amides is 1. The highest BCUT2D eigenvalue weighted by Crippen LogP contribution is 2.28. The number of nitrogens with zero attached hydrogens (tertiary/aromatic N) is 2. The summed E-state index contributed by atoms with van der Waals surface area (Å²) in [6.07, 6.45) is 3.74. The zero-order valence-corrected chi connectivity index (χ0v) is 8.49. The van der Waals surface area contributed by atoms with Gasteiger partial charge in [-0.3, -0.25) is 9.69 Å². The van der Waals surface area contributed by atoms with Crippen LogP contribution in [0.4, 0.5) is 0 Å². The van der Waals surface area contributed by atoms with Crippen LogP contribution in [0.2, 0.25) is 0 Å². The van der Waals surface area contributed by atoms with Crippen molar-refractivity contribution in [2.24, 2.45) is 0 Å². The maximum absolute atomic E-state index is 11.5. The summed E-state index contributed by atoms with van der Waals surface area (Å²) >= 11 is 0. The number of piperazine rings is 1. The van der Waals surface area contributed by atoms with E-state index >= 15 is 0 Å². The maximum Gasteiger partial charge on any atom is 0.236 e. The lowest BCUT2D eigenvalue weighted by Crippen LogP contribution is -2.54. The molecule has 0 bridgehead atoms. The van der Waals surface area contributed by atoms with Crippen LogP contribution in [-0.2, 0) is 4.79 Å². The molecule has 0 aromatic carbocycles. The van der Waals surface area contributed by atoms with Crippen molar-refractivity contribution < 1.29 is 4.79 Å². The first kappa shape index (κ1) is 9.00. The van der Waals surface area contributed by atoms with Crippen LogP contribution in [0, 0.1) is 0 Å². The van der Waals surface area contributed by atoms with E-state index in [0.717, 1.165) is 6.54 Å². The Morgan fingerprint density at radius 1 is 1.46 bits per heavy atom. The van der Waals surface area contributed by atoms with Gasteiger partial charge < -0.3 is 4.90 Å². The topological polar surface area (TPSA) is 23.6 Å². The van der Waals surface area contributed by atoms with Gasteiger partial charge in [0.25, 0.3) is 0 Å². The molecule has 1 amide bonds. The largest absolute Gasteiger partial charge is 0.343 e. The quantitative estimate of drug-likeness (QED) is 0.596. The number of carbonyl (C=O) groups excluding carboxylic acids is 1. The summed E-state index contributed by atoms with van der Waals surface area (Å²) in [5.41, 5.74) is 0. The van der Waals surface area contributed by atoms with Gasteiger partial charge in [-0.1, -0.05) is 6.92 Å². The van der Waals surface area contributed by atoms with Gasteiger partial charge in [-0.2, -0.15) is 0 Å². The summed E-state index contributed by atoms with van der Waals surface area (Å²) in [6, 6.07) is 1.32. The summed E-state index contributed by atoms with van der Waals surface area (Å²) in [5, 5.41) is 0. The third kappa shape index (κ3) is 1.46. The SMILES string of the molecule is CCC1CCC2CN(C)C(=O)CN12. The van der Waals surface area contributed by atoms with Gasteiger partial charge in [0.2, 0.25) is 5.91 Å². The van der Waals surface area contributed by atoms with Gasteiger partial charge in [-0.15, -0.1) is 0 Å². The first-order chi connectivity index (χ1) is 6.22. The summed E-state index contributed by atoms with van der Waals surface area (Å²) in [5.74, 6) is 0.289.